The highest BCUT2D eigenvalue weighted by atomic mass is 16.5. The van der Waals surface area contributed by atoms with Crippen molar-refractivity contribution in [3.05, 3.63) is 30.3 Å². The first kappa shape index (κ1) is 21.0. The minimum absolute atomic E-state index is 0.0103. The van der Waals surface area contributed by atoms with Gasteiger partial charge in [-0.1, -0.05) is 32.0 Å². The van der Waals surface area contributed by atoms with Gasteiger partial charge < -0.3 is 20.3 Å². The maximum atomic E-state index is 12.4. The topological polar surface area (TPSA) is 73.9 Å². The Kier molecular flexibility index (Phi) is 8.39. The molecule has 0 bridgehead atoms. The lowest BCUT2D eigenvalue weighted by atomic mass is 10.0. The summed E-state index contributed by atoms with van der Waals surface area (Å²) in [6.07, 6.45) is -0.552. The Hall–Kier alpha value is -2.28. The zero-order valence-electron chi connectivity index (χ0n) is 16.6. The zero-order valence-corrected chi connectivity index (χ0v) is 16.6. The molecule has 1 aromatic carbocycles. The first-order valence-corrected chi connectivity index (χ1v) is 9.74. The Morgan fingerprint density at radius 1 is 1.11 bits per heavy atom. The number of piperazine rings is 1. The number of benzene rings is 1. The quantitative estimate of drug-likeness (QED) is 0.722. The van der Waals surface area contributed by atoms with Crippen molar-refractivity contribution in [2.24, 2.45) is 5.92 Å². The molecule has 1 aromatic rings. The van der Waals surface area contributed by atoms with Gasteiger partial charge in [0.2, 0.25) is 5.91 Å². The molecule has 0 aliphatic carbocycles. The van der Waals surface area contributed by atoms with Crippen LogP contribution in [0.15, 0.2) is 30.3 Å². The van der Waals surface area contributed by atoms with Crippen LogP contribution in [-0.2, 0) is 9.53 Å². The summed E-state index contributed by atoms with van der Waals surface area (Å²) >= 11 is 0. The summed E-state index contributed by atoms with van der Waals surface area (Å²) in [4.78, 5) is 28.7. The molecule has 1 aliphatic rings. The molecule has 2 amide bonds. The molecular formula is C20H32N4O3. The lowest BCUT2D eigenvalue weighted by molar-refractivity contribution is -0.124. The molecule has 7 nitrogen and oxygen atoms in total. The number of carbonyl (C=O) groups excluding carboxylic acids is 2. The van der Waals surface area contributed by atoms with E-state index < -0.39 is 12.1 Å². The van der Waals surface area contributed by atoms with Gasteiger partial charge in [0.1, 0.15) is 6.04 Å². The average molecular weight is 377 g/mol. The van der Waals surface area contributed by atoms with E-state index in [0.717, 1.165) is 32.7 Å². The van der Waals surface area contributed by atoms with Crippen LogP contribution >= 0.6 is 0 Å². The van der Waals surface area contributed by atoms with E-state index in [-0.39, 0.29) is 18.4 Å². The third-order valence-electron chi connectivity index (χ3n) is 4.72. The van der Waals surface area contributed by atoms with Crippen LogP contribution in [0.4, 0.5) is 10.5 Å². The fraction of sp³-hybridized carbons (Fsp3) is 0.600. The molecule has 1 saturated heterocycles. The Morgan fingerprint density at radius 2 is 1.78 bits per heavy atom. The van der Waals surface area contributed by atoms with Crippen molar-refractivity contribution >= 4 is 17.7 Å². The molecule has 1 aliphatic heterocycles. The SMILES string of the molecule is CCOC(=O)NC(C(=O)NCCN1CCN(c2ccccc2)CC1)C(C)C. The number of hydrogen-bond donors (Lipinski definition) is 2. The highest BCUT2D eigenvalue weighted by molar-refractivity contribution is 5.85. The summed E-state index contributed by atoms with van der Waals surface area (Å²) in [5.74, 6) is -0.176. The number of amides is 2. The Labute approximate surface area is 162 Å². The molecule has 27 heavy (non-hydrogen) atoms. The van der Waals surface area contributed by atoms with Gasteiger partial charge in [0, 0.05) is 45.0 Å². The van der Waals surface area contributed by atoms with Crippen molar-refractivity contribution in [1.82, 2.24) is 15.5 Å². The Morgan fingerprint density at radius 3 is 2.37 bits per heavy atom. The molecule has 0 aromatic heterocycles. The smallest absolute Gasteiger partial charge is 0.407 e. The molecule has 2 rings (SSSR count). The van der Waals surface area contributed by atoms with Crippen molar-refractivity contribution in [1.29, 1.82) is 0 Å². The fourth-order valence-electron chi connectivity index (χ4n) is 3.15. The average Bonchev–Trinajstić information content (AvgIpc) is 2.67. The Balaban J connectivity index is 1.70. The number of ether oxygens (including phenoxy) is 1. The molecule has 1 unspecified atom stereocenters. The third-order valence-corrected chi connectivity index (χ3v) is 4.72. The second-order valence-corrected chi connectivity index (χ2v) is 7.04. The Bertz CT molecular complexity index is 586. The summed E-state index contributed by atoms with van der Waals surface area (Å²) in [7, 11) is 0. The number of nitrogens with zero attached hydrogens (tertiary/aromatic N) is 2. The van der Waals surface area contributed by atoms with E-state index in [1.54, 1.807) is 6.92 Å². The van der Waals surface area contributed by atoms with E-state index in [1.165, 1.54) is 5.69 Å². The van der Waals surface area contributed by atoms with Crippen LogP contribution in [0.5, 0.6) is 0 Å². The van der Waals surface area contributed by atoms with Crippen molar-refractivity contribution < 1.29 is 14.3 Å². The summed E-state index contributed by atoms with van der Waals surface area (Å²) < 4.78 is 4.88. The third kappa shape index (κ3) is 6.75. The van der Waals surface area contributed by atoms with Gasteiger partial charge in [-0.15, -0.1) is 0 Å². The maximum absolute atomic E-state index is 12.4. The van der Waals surface area contributed by atoms with Crippen LogP contribution in [0.3, 0.4) is 0 Å². The fourth-order valence-corrected chi connectivity index (χ4v) is 3.15. The molecule has 0 radical (unpaired) electrons. The van der Waals surface area contributed by atoms with Gasteiger partial charge >= 0.3 is 6.09 Å². The van der Waals surface area contributed by atoms with Crippen LogP contribution in [-0.4, -0.2) is 68.8 Å². The zero-order chi connectivity index (χ0) is 19.6. The minimum atomic E-state index is -0.584. The largest absolute Gasteiger partial charge is 0.450 e. The van der Waals surface area contributed by atoms with E-state index in [2.05, 4.69) is 44.7 Å². The van der Waals surface area contributed by atoms with Gasteiger partial charge in [0.05, 0.1) is 6.61 Å². The van der Waals surface area contributed by atoms with Crippen molar-refractivity contribution in [2.45, 2.75) is 26.8 Å². The predicted molar refractivity (Wildman–Crippen MR) is 107 cm³/mol. The first-order chi connectivity index (χ1) is 13.0. The molecule has 0 saturated carbocycles. The van der Waals surface area contributed by atoms with Gasteiger partial charge in [0.15, 0.2) is 0 Å². The lowest BCUT2D eigenvalue weighted by Crippen LogP contribution is -2.52. The first-order valence-electron chi connectivity index (χ1n) is 9.74. The number of rotatable bonds is 8. The number of nitrogens with one attached hydrogen (secondary N) is 2. The molecule has 2 N–H and O–H groups in total. The number of anilines is 1. The monoisotopic (exact) mass is 376 g/mol. The van der Waals surface area contributed by atoms with E-state index in [9.17, 15) is 9.59 Å². The maximum Gasteiger partial charge on any atom is 0.407 e. The molecule has 1 heterocycles. The lowest BCUT2D eigenvalue weighted by Gasteiger charge is -2.36. The van der Waals surface area contributed by atoms with Gasteiger partial charge in [-0.05, 0) is 25.0 Å². The molecule has 1 fully saturated rings. The van der Waals surface area contributed by atoms with Crippen molar-refractivity contribution in [3.8, 4) is 0 Å². The van der Waals surface area contributed by atoms with Gasteiger partial charge in [-0.3, -0.25) is 9.69 Å². The van der Waals surface area contributed by atoms with Gasteiger partial charge in [-0.2, -0.15) is 0 Å². The summed E-state index contributed by atoms with van der Waals surface area (Å²) in [6, 6.07) is 9.85. The molecule has 7 heteroatoms. The predicted octanol–water partition coefficient (Wildman–Crippen LogP) is 1.70. The van der Waals surface area contributed by atoms with Gasteiger partial charge in [-0.25, -0.2) is 4.79 Å². The highest BCUT2D eigenvalue weighted by Gasteiger charge is 2.24. The summed E-state index contributed by atoms with van der Waals surface area (Å²) in [5, 5.41) is 5.57. The van der Waals surface area contributed by atoms with E-state index >= 15 is 0 Å². The minimum Gasteiger partial charge on any atom is -0.450 e. The van der Waals surface area contributed by atoms with E-state index in [0.29, 0.717) is 6.54 Å². The van der Waals surface area contributed by atoms with E-state index in [4.69, 9.17) is 4.74 Å². The van der Waals surface area contributed by atoms with Gasteiger partial charge in [0.25, 0.3) is 0 Å². The number of carbonyl (C=O) groups is 2. The highest BCUT2D eigenvalue weighted by Crippen LogP contribution is 2.15. The van der Waals surface area contributed by atoms with Crippen LogP contribution in [0.2, 0.25) is 0 Å². The molecule has 0 spiro atoms. The second-order valence-electron chi connectivity index (χ2n) is 7.04. The van der Waals surface area contributed by atoms with Crippen LogP contribution < -0.4 is 15.5 Å². The normalized spacial score (nSPS) is 16.1. The molecular weight excluding hydrogens is 344 g/mol. The molecule has 1 atom stereocenters. The van der Waals surface area contributed by atoms with Crippen LogP contribution in [0.1, 0.15) is 20.8 Å². The second kappa shape index (κ2) is 10.8. The number of para-hydroxylation sites is 1. The number of hydrogen-bond acceptors (Lipinski definition) is 5. The molecule has 150 valence electrons. The summed E-state index contributed by atoms with van der Waals surface area (Å²) in [6.45, 7) is 11.1. The standard InChI is InChI=1S/C20H32N4O3/c1-4-27-20(26)22-18(16(2)3)19(25)21-10-11-23-12-14-24(15-13-23)17-8-6-5-7-9-17/h5-9,16,18H,4,10-15H2,1-3H3,(H,21,25)(H,22,26). The van der Waals surface area contributed by atoms with E-state index in [1.807, 2.05) is 19.9 Å². The number of alkyl carbamates (subject to hydrolysis) is 1. The summed E-state index contributed by atoms with van der Waals surface area (Å²) in [5.41, 5.74) is 1.26. The van der Waals surface area contributed by atoms with Crippen molar-refractivity contribution in [2.75, 3.05) is 50.8 Å². The van der Waals surface area contributed by atoms with Crippen molar-refractivity contribution in [3.63, 3.8) is 0 Å². The van der Waals surface area contributed by atoms with Crippen LogP contribution in [0.25, 0.3) is 0 Å². The van der Waals surface area contributed by atoms with Crippen LogP contribution in [0, 0.1) is 5.92 Å².